The van der Waals surface area contributed by atoms with Gasteiger partial charge in [-0.15, -0.1) is 0 Å². The van der Waals surface area contributed by atoms with Crippen LogP contribution in [0.25, 0.3) is 0 Å². The molecule has 0 fully saturated rings. The van der Waals surface area contributed by atoms with Gasteiger partial charge in [-0.05, 0) is 52.3 Å². The van der Waals surface area contributed by atoms with Gasteiger partial charge in [0.15, 0.2) is 11.5 Å². The highest BCUT2D eigenvalue weighted by atomic mass is 79.9. The van der Waals surface area contributed by atoms with Crippen molar-refractivity contribution in [2.45, 2.75) is 4.90 Å². The maximum Gasteiger partial charge on any atom is 0.269 e. The topological polar surface area (TPSA) is 140 Å². The second kappa shape index (κ2) is 10.1. The van der Waals surface area contributed by atoms with E-state index in [1.807, 2.05) is 0 Å². The number of nitrogens with zero attached hydrogens (tertiary/aromatic N) is 3. The van der Waals surface area contributed by atoms with Gasteiger partial charge in [-0.3, -0.25) is 19.2 Å². The van der Waals surface area contributed by atoms with E-state index in [1.54, 1.807) is 30.3 Å². The number of ether oxygens (including phenoxy) is 2. The van der Waals surface area contributed by atoms with Crippen molar-refractivity contribution < 1.29 is 27.6 Å². The number of fused-ring (bicyclic) bond motifs is 1. The Bertz CT molecular complexity index is 1400. The third-order valence-electron chi connectivity index (χ3n) is 4.85. The molecule has 35 heavy (non-hydrogen) atoms. The van der Waals surface area contributed by atoms with Crippen molar-refractivity contribution >= 4 is 49.4 Å². The number of halogens is 1. The maximum absolute atomic E-state index is 13.3. The summed E-state index contributed by atoms with van der Waals surface area (Å²) in [6.07, 6.45) is 1.37. The highest BCUT2D eigenvalue weighted by Gasteiger charge is 2.27. The second-order valence-electron chi connectivity index (χ2n) is 7.12. The van der Waals surface area contributed by atoms with Crippen LogP contribution in [0.5, 0.6) is 11.5 Å². The zero-order valence-corrected chi connectivity index (χ0v) is 20.2. The molecular formula is C22H17BrN4O7S. The van der Waals surface area contributed by atoms with Crippen LogP contribution in [0.15, 0.2) is 81.2 Å². The van der Waals surface area contributed by atoms with Crippen molar-refractivity contribution in [1.82, 2.24) is 5.43 Å². The number of nitro benzene ring substituents is 1. The fourth-order valence-corrected chi connectivity index (χ4v) is 5.01. The molecule has 0 saturated carbocycles. The Balaban J connectivity index is 1.55. The van der Waals surface area contributed by atoms with E-state index in [9.17, 15) is 23.3 Å². The van der Waals surface area contributed by atoms with Crippen LogP contribution < -0.4 is 19.2 Å². The lowest BCUT2D eigenvalue weighted by Gasteiger charge is -2.23. The number of anilines is 1. The summed E-state index contributed by atoms with van der Waals surface area (Å²) < 4.78 is 38.7. The summed E-state index contributed by atoms with van der Waals surface area (Å²) in [5.41, 5.74) is 2.77. The van der Waals surface area contributed by atoms with Gasteiger partial charge in [-0.1, -0.05) is 18.2 Å². The molecule has 0 saturated heterocycles. The minimum Gasteiger partial charge on any atom is -0.454 e. The van der Waals surface area contributed by atoms with Crippen molar-refractivity contribution in [3.05, 3.63) is 86.9 Å². The molecule has 0 unspecified atom stereocenters. The third-order valence-corrected chi connectivity index (χ3v) is 7.33. The molecule has 1 aliphatic rings. The molecule has 0 aromatic heterocycles. The number of carbonyl (C=O) groups excluding carboxylic acids is 1. The zero-order chi connectivity index (χ0) is 25.0. The first-order valence-electron chi connectivity index (χ1n) is 9.99. The first kappa shape index (κ1) is 24.2. The second-order valence-corrected chi connectivity index (χ2v) is 9.84. The maximum atomic E-state index is 13.3. The number of hydrazone groups is 1. The molecule has 11 nitrogen and oxygen atoms in total. The van der Waals surface area contributed by atoms with E-state index < -0.39 is 27.4 Å². The minimum absolute atomic E-state index is 0.0426. The Morgan fingerprint density at radius 3 is 2.43 bits per heavy atom. The van der Waals surface area contributed by atoms with Gasteiger partial charge in [0.25, 0.3) is 21.6 Å². The fourth-order valence-electron chi connectivity index (χ4n) is 3.15. The Labute approximate surface area is 208 Å². The molecule has 1 N–H and O–H groups in total. The van der Waals surface area contributed by atoms with E-state index in [0.29, 0.717) is 21.5 Å². The number of amides is 1. The van der Waals surface area contributed by atoms with Crippen LogP contribution in [-0.4, -0.2) is 38.8 Å². The van der Waals surface area contributed by atoms with Gasteiger partial charge in [-0.25, -0.2) is 13.8 Å². The quantitative estimate of drug-likeness (QED) is 0.252. The lowest BCUT2D eigenvalue weighted by atomic mass is 10.2. The summed E-state index contributed by atoms with van der Waals surface area (Å²) in [6.45, 7) is -0.512. The van der Waals surface area contributed by atoms with Gasteiger partial charge in [-0.2, -0.15) is 5.10 Å². The predicted octanol–water partition coefficient (Wildman–Crippen LogP) is 3.43. The normalized spacial score (nSPS) is 12.5. The van der Waals surface area contributed by atoms with Gasteiger partial charge in [0, 0.05) is 22.2 Å². The predicted molar refractivity (Wildman–Crippen MR) is 130 cm³/mol. The Hall–Kier alpha value is -3.97. The average molecular weight is 561 g/mol. The molecule has 0 aliphatic carbocycles. The van der Waals surface area contributed by atoms with Crippen LogP contribution in [0.1, 0.15) is 5.56 Å². The molecule has 3 aromatic carbocycles. The zero-order valence-electron chi connectivity index (χ0n) is 17.8. The Kier molecular flexibility index (Phi) is 6.98. The van der Waals surface area contributed by atoms with Gasteiger partial charge in [0.05, 0.1) is 21.7 Å². The van der Waals surface area contributed by atoms with Crippen molar-refractivity contribution in [2.24, 2.45) is 5.10 Å². The van der Waals surface area contributed by atoms with Crippen LogP contribution in [0.2, 0.25) is 0 Å². The minimum atomic E-state index is -4.16. The molecule has 4 rings (SSSR count). The van der Waals surface area contributed by atoms with E-state index >= 15 is 0 Å². The number of nitrogens with one attached hydrogen (secondary N) is 1. The van der Waals surface area contributed by atoms with Crippen molar-refractivity contribution in [2.75, 3.05) is 17.6 Å². The summed E-state index contributed by atoms with van der Waals surface area (Å²) in [4.78, 5) is 23.0. The van der Waals surface area contributed by atoms with Crippen molar-refractivity contribution in [1.29, 1.82) is 0 Å². The Morgan fingerprint density at radius 1 is 1.11 bits per heavy atom. The lowest BCUT2D eigenvalue weighted by Crippen LogP contribution is -2.39. The van der Waals surface area contributed by atoms with Crippen molar-refractivity contribution in [3.63, 3.8) is 0 Å². The molecule has 0 radical (unpaired) electrons. The molecule has 0 atom stereocenters. The average Bonchev–Trinajstić information content (AvgIpc) is 3.30. The monoisotopic (exact) mass is 560 g/mol. The molecule has 1 heterocycles. The number of carbonyl (C=O) groups is 1. The fraction of sp³-hybridized carbons (Fsp3) is 0.0909. The highest BCUT2D eigenvalue weighted by molar-refractivity contribution is 9.10. The number of nitro groups is 1. The smallest absolute Gasteiger partial charge is 0.269 e. The van der Waals surface area contributed by atoms with E-state index in [1.165, 1.54) is 30.5 Å². The summed E-state index contributed by atoms with van der Waals surface area (Å²) in [7, 11) is -4.16. The first-order valence-corrected chi connectivity index (χ1v) is 12.2. The third kappa shape index (κ3) is 5.41. The number of hydrogen-bond donors (Lipinski definition) is 1. The number of sulfonamides is 1. The molecular weight excluding hydrogens is 544 g/mol. The Morgan fingerprint density at radius 2 is 1.77 bits per heavy atom. The number of non-ortho nitro benzene ring substituents is 1. The summed E-state index contributed by atoms with van der Waals surface area (Å²) >= 11 is 3.38. The van der Waals surface area contributed by atoms with E-state index in [2.05, 4.69) is 26.5 Å². The van der Waals surface area contributed by atoms with E-state index in [-0.39, 0.29) is 23.1 Å². The lowest BCUT2D eigenvalue weighted by molar-refractivity contribution is -0.384. The summed E-state index contributed by atoms with van der Waals surface area (Å²) in [5, 5.41) is 14.9. The SMILES string of the molecule is O=C(CN(c1ccc([N+](=O)[O-])cc1)S(=O)(=O)c1ccccc1)N/N=C\c1cc2c(cc1Br)OCO2. The van der Waals surface area contributed by atoms with Gasteiger partial charge in [0.2, 0.25) is 6.79 Å². The molecule has 1 amide bonds. The molecule has 0 bridgehead atoms. The summed E-state index contributed by atoms with van der Waals surface area (Å²) in [5.74, 6) is 0.373. The molecule has 3 aromatic rings. The summed E-state index contributed by atoms with van der Waals surface area (Å²) in [6, 6.07) is 15.8. The molecule has 180 valence electrons. The van der Waals surface area contributed by atoms with E-state index in [4.69, 9.17) is 9.47 Å². The number of rotatable bonds is 8. The van der Waals surface area contributed by atoms with E-state index in [0.717, 1.165) is 16.4 Å². The van der Waals surface area contributed by atoms with Crippen LogP contribution in [-0.2, 0) is 14.8 Å². The van der Waals surface area contributed by atoms with Crippen LogP contribution in [0, 0.1) is 10.1 Å². The largest absolute Gasteiger partial charge is 0.454 e. The van der Waals surface area contributed by atoms with Gasteiger partial charge in [0.1, 0.15) is 6.54 Å². The highest BCUT2D eigenvalue weighted by Crippen LogP contribution is 2.36. The number of hydrogen-bond acceptors (Lipinski definition) is 8. The van der Waals surface area contributed by atoms with Crippen molar-refractivity contribution in [3.8, 4) is 11.5 Å². The molecule has 0 spiro atoms. The molecule has 1 aliphatic heterocycles. The standard InChI is InChI=1S/C22H17BrN4O7S/c23-19-11-21-20(33-14-34-21)10-15(19)12-24-25-22(28)13-26(16-6-8-17(9-7-16)27(29)30)35(31,32)18-4-2-1-3-5-18/h1-12H,13-14H2,(H,25,28)/b24-12-. The number of benzene rings is 3. The van der Waals surface area contributed by atoms with Crippen LogP contribution >= 0.6 is 15.9 Å². The van der Waals surface area contributed by atoms with Gasteiger partial charge >= 0.3 is 0 Å². The molecule has 13 heteroatoms. The van der Waals surface area contributed by atoms with Gasteiger partial charge < -0.3 is 9.47 Å². The first-order chi connectivity index (χ1) is 16.8. The van der Waals surface area contributed by atoms with Crippen LogP contribution in [0.3, 0.4) is 0 Å². The van der Waals surface area contributed by atoms with Crippen LogP contribution in [0.4, 0.5) is 11.4 Å².